The molecule has 0 saturated carbocycles. The minimum Gasteiger partial charge on any atom is -0.381 e. The summed E-state index contributed by atoms with van der Waals surface area (Å²) < 4.78 is 1.67. The SMILES string of the molecule is NC(=O)c1cccc2c1cnn2-c1nc2c(c(NCc3cccs3)n1)NCCCC2. The number of amides is 1. The summed E-state index contributed by atoms with van der Waals surface area (Å²) in [4.78, 5) is 22.6. The van der Waals surface area contributed by atoms with Gasteiger partial charge in [-0.3, -0.25) is 4.79 Å². The Hall–Kier alpha value is -3.46. The molecule has 0 bridgehead atoms. The molecule has 4 aromatic rings. The van der Waals surface area contributed by atoms with Gasteiger partial charge in [-0.2, -0.15) is 14.8 Å². The molecule has 152 valence electrons. The van der Waals surface area contributed by atoms with Crippen LogP contribution in [0.5, 0.6) is 0 Å². The number of nitrogens with zero attached hydrogens (tertiary/aromatic N) is 4. The molecule has 0 fully saturated rings. The summed E-state index contributed by atoms with van der Waals surface area (Å²) in [7, 11) is 0. The monoisotopic (exact) mass is 419 g/mol. The summed E-state index contributed by atoms with van der Waals surface area (Å²) in [5, 5.41) is 14.2. The van der Waals surface area contributed by atoms with Gasteiger partial charge in [0, 0.05) is 16.8 Å². The molecule has 4 heterocycles. The zero-order valence-electron chi connectivity index (χ0n) is 16.3. The zero-order valence-corrected chi connectivity index (χ0v) is 17.1. The maximum Gasteiger partial charge on any atom is 0.253 e. The van der Waals surface area contributed by atoms with Crippen LogP contribution >= 0.6 is 11.3 Å². The van der Waals surface area contributed by atoms with Crippen molar-refractivity contribution in [2.75, 3.05) is 17.2 Å². The van der Waals surface area contributed by atoms with Crippen LogP contribution in [-0.4, -0.2) is 32.2 Å². The van der Waals surface area contributed by atoms with Crippen LogP contribution in [0, 0.1) is 0 Å². The fourth-order valence-corrected chi connectivity index (χ4v) is 4.37. The van der Waals surface area contributed by atoms with Crippen LogP contribution in [0.1, 0.15) is 33.8 Å². The Balaban J connectivity index is 1.61. The summed E-state index contributed by atoms with van der Waals surface area (Å²) in [5.41, 5.74) is 8.64. The van der Waals surface area contributed by atoms with Gasteiger partial charge >= 0.3 is 0 Å². The van der Waals surface area contributed by atoms with Crippen LogP contribution in [0.15, 0.2) is 41.9 Å². The third-order valence-corrected chi connectivity index (χ3v) is 6.07. The average Bonchev–Trinajstić information content (AvgIpc) is 3.36. The average molecular weight is 420 g/mol. The van der Waals surface area contributed by atoms with Crippen LogP contribution < -0.4 is 16.4 Å². The fourth-order valence-electron chi connectivity index (χ4n) is 3.72. The Morgan fingerprint density at radius 2 is 2.17 bits per heavy atom. The van der Waals surface area contributed by atoms with Crippen molar-refractivity contribution in [1.29, 1.82) is 0 Å². The molecule has 3 aromatic heterocycles. The largest absolute Gasteiger partial charge is 0.381 e. The van der Waals surface area contributed by atoms with E-state index >= 15 is 0 Å². The molecule has 1 amide bonds. The van der Waals surface area contributed by atoms with Gasteiger partial charge in [0.25, 0.3) is 5.95 Å². The van der Waals surface area contributed by atoms with Gasteiger partial charge < -0.3 is 16.4 Å². The van der Waals surface area contributed by atoms with Gasteiger partial charge in [-0.05, 0) is 42.8 Å². The molecule has 1 aliphatic heterocycles. The van der Waals surface area contributed by atoms with Gasteiger partial charge in [-0.1, -0.05) is 12.1 Å². The van der Waals surface area contributed by atoms with E-state index in [1.165, 1.54) is 4.88 Å². The molecule has 8 nitrogen and oxygen atoms in total. The Morgan fingerprint density at radius 1 is 1.23 bits per heavy atom. The van der Waals surface area contributed by atoms with Crippen LogP contribution in [-0.2, 0) is 13.0 Å². The molecule has 0 radical (unpaired) electrons. The predicted molar refractivity (Wildman–Crippen MR) is 118 cm³/mol. The van der Waals surface area contributed by atoms with Crippen LogP contribution in [0.4, 0.5) is 11.5 Å². The van der Waals surface area contributed by atoms with Crippen molar-refractivity contribution >= 4 is 39.7 Å². The molecule has 1 aromatic carbocycles. The smallest absolute Gasteiger partial charge is 0.253 e. The molecule has 30 heavy (non-hydrogen) atoms. The van der Waals surface area contributed by atoms with E-state index in [0.717, 1.165) is 48.5 Å². The quantitative estimate of drug-likeness (QED) is 0.458. The van der Waals surface area contributed by atoms with E-state index in [-0.39, 0.29) is 0 Å². The number of hydrogen-bond donors (Lipinski definition) is 3. The molecule has 0 spiro atoms. The number of thiophene rings is 1. The topological polar surface area (TPSA) is 111 Å². The second-order valence-electron chi connectivity index (χ2n) is 7.17. The van der Waals surface area contributed by atoms with Crippen LogP contribution in [0.2, 0.25) is 0 Å². The second kappa shape index (κ2) is 7.75. The molecule has 0 atom stereocenters. The summed E-state index contributed by atoms with van der Waals surface area (Å²) in [6.07, 6.45) is 4.66. The van der Waals surface area contributed by atoms with Crippen LogP contribution in [0.25, 0.3) is 16.9 Å². The van der Waals surface area contributed by atoms with E-state index in [4.69, 9.17) is 15.7 Å². The van der Waals surface area contributed by atoms with E-state index in [0.29, 0.717) is 23.4 Å². The summed E-state index contributed by atoms with van der Waals surface area (Å²) in [6.45, 7) is 1.59. The minimum absolute atomic E-state index is 0.436. The predicted octanol–water partition coefficient (Wildman–Crippen LogP) is 3.34. The highest BCUT2D eigenvalue weighted by atomic mass is 32.1. The Labute approximate surface area is 177 Å². The first-order valence-electron chi connectivity index (χ1n) is 9.88. The first-order valence-corrected chi connectivity index (χ1v) is 10.8. The van der Waals surface area contributed by atoms with Crippen molar-refractivity contribution in [3.8, 4) is 5.95 Å². The lowest BCUT2D eigenvalue weighted by molar-refractivity contribution is 0.100. The van der Waals surface area contributed by atoms with Crippen molar-refractivity contribution in [2.24, 2.45) is 5.73 Å². The van der Waals surface area contributed by atoms with Gasteiger partial charge in [0.15, 0.2) is 5.82 Å². The number of carbonyl (C=O) groups is 1. The lowest BCUT2D eigenvalue weighted by atomic mass is 10.1. The second-order valence-corrected chi connectivity index (χ2v) is 8.20. The molecule has 0 aliphatic carbocycles. The van der Waals surface area contributed by atoms with E-state index in [1.54, 1.807) is 34.3 Å². The number of nitrogens with one attached hydrogen (secondary N) is 2. The molecule has 5 rings (SSSR count). The first kappa shape index (κ1) is 18.6. The fraction of sp³-hybridized carbons (Fsp3) is 0.238. The minimum atomic E-state index is -0.481. The highest BCUT2D eigenvalue weighted by Crippen LogP contribution is 2.30. The summed E-state index contributed by atoms with van der Waals surface area (Å²) >= 11 is 1.70. The molecule has 0 saturated heterocycles. The standard InChI is InChI=1S/C21H21N7OS/c22-19(29)14-6-3-8-17-15(14)12-25-28(17)21-26-16-7-1-2-9-23-18(16)20(27-21)24-11-13-5-4-10-30-13/h3-6,8,10,12,23H,1-2,7,9,11H2,(H2,22,29)(H,24,26,27). The molecular weight excluding hydrogens is 398 g/mol. The van der Waals surface area contributed by atoms with Crippen molar-refractivity contribution in [1.82, 2.24) is 19.7 Å². The van der Waals surface area contributed by atoms with Crippen LogP contribution in [0.3, 0.4) is 0 Å². The Bertz CT molecular complexity index is 1220. The Morgan fingerprint density at radius 3 is 3.00 bits per heavy atom. The summed E-state index contributed by atoms with van der Waals surface area (Å²) in [6, 6.07) is 9.52. The van der Waals surface area contributed by atoms with Crippen molar-refractivity contribution in [3.63, 3.8) is 0 Å². The Kier molecular flexibility index (Phi) is 4.80. The number of aryl methyl sites for hydroxylation is 1. The lowest BCUT2D eigenvalue weighted by Crippen LogP contribution is -2.13. The molecule has 0 unspecified atom stereocenters. The van der Waals surface area contributed by atoms with Gasteiger partial charge in [-0.15, -0.1) is 11.3 Å². The van der Waals surface area contributed by atoms with Crippen molar-refractivity contribution in [3.05, 3.63) is 58.0 Å². The zero-order chi connectivity index (χ0) is 20.5. The number of benzene rings is 1. The third-order valence-electron chi connectivity index (χ3n) is 5.19. The normalized spacial score (nSPS) is 13.5. The van der Waals surface area contributed by atoms with Gasteiger partial charge in [0.05, 0.1) is 35.2 Å². The number of nitrogens with two attached hydrogens (primary N) is 1. The number of carbonyl (C=O) groups excluding carboxylic acids is 1. The van der Waals surface area contributed by atoms with E-state index in [2.05, 4.69) is 27.2 Å². The van der Waals surface area contributed by atoms with Gasteiger partial charge in [0.1, 0.15) is 0 Å². The maximum absolute atomic E-state index is 11.8. The molecular formula is C21H21N7OS. The number of anilines is 2. The number of fused-ring (bicyclic) bond motifs is 2. The maximum atomic E-state index is 11.8. The number of aromatic nitrogens is 4. The van der Waals surface area contributed by atoms with Gasteiger partial charge in [-0.25, -0.2) is 4.98 Å². The summed E-state index contributed by atoms with van der Waals surface area (Å²) in [5.74, 6) is 0.758. The van der Waals surface area contributed by atoms with E-state index < -0.39 is 5.91 Å². The number of hydrogen-bond acceptors (Lipinski definition) is 7. The van der Waals surface area contributed by atoms with Crippen molar-refractivity contribution < 1.29 is 4.79 Å². The highest BCUT2D eigenvalue weighted by Gasteiger charge is 2.20. The molecule has 4 N–H and O–H groups in total. The van der Waals surface area contributed by atoms with E-state index in [1.807, 2.05) is 12.1 Å². The molecule has 9 heteroatoms. The van der Waals surface area contributed by atoms with E-state index in [9.17, 15) is 4.79 Å². The lowest BCUT2D eigenvalue weighted by Gasteiger charge is -2.15. The van der Waals surface area contributed by atoms with Gasteiger partial charge in [0.2, 0.25) is 5.91 Å². The number of primary amides is 1. The number of rotatable bonds is 5. The third kappa shape index (κ3) is 3.37. The first-order chi connectivity index (χ1) is 14.7. The highest BCUT2D eigenvalue weighted by molar-refractivity contribution is 7.09. The van der Waals surface area contributed by atoms with Crippen molar-refractivity contribution in [2.45, 2.75) is 25.8 Å². The molecule has 1 aliphatic rings.